The van der Waals surface area contributed by atoms with E-state index in [9.17, 15) is 4.79 Å². The Labute approximate surface area is 121 Å². The van der Waals surface area contributed by atoms with Gasteiger partial charge in [0, 0.05) is 18.0 Å². The van der Waals surface area contributed by atoms with E-state index in [2.05, 4.69) is 15.1 Å². The Morgan fingerprint density at radius 3 is 2.81 bits per heavy atom. The van der Waals surface area contributed by atoms with E-state index >= 15 is 0 Å². The molecule has 106 valence electrons. The van der Waals surface area contributed by atoms with Gasteiger partial charge >= 0.3 is 5.97 Å². The van der Waals surface area contributed by atoms with Crippen LogP contribution in [0.25, 0.3) is 16.9 Å². The monoisotopic (exact) mass is 282 g/mol. The van der Waals surface area contributed by atoms with Gasteiger partial charge in [-0.3, -0.25) is 9.78 Å². The first kappa shape index (κ1) is 13.2. The van der Waals surface area contributed by atoms with E-state index in [-0.39, 0.29) is 12.4 Å². The minimum atomic E-state index is -0.282. The van der Waals surface area contributed by atoms with Crippen molar-refractivity contribution in [1.82, 2.24) is 19.6 Å². The summed E-state index contributed by atoms with van der Waals surface area (Å²) in [6.45, 7) is 2.15. The van der Waals surface area contributed by atoms with Crippen LogP contribution in [0.1, 0.15) is 12.6 Å². The van der Waals surface area contributed by atoms with Crippen molar-refractivity contribution in [2.75, 3.05) is 6.61 Å². The fourth-order valence-electron chi connectivity index (χ4n) is 2.05. The number of ether oxygens (including phenoxy) is 1. The molecule has 0 spiro atoms. The van der Waals surface area contributed by atoms with Gasteiger partial charge in [-0.2, -0.15) is 5.10 Å². The van der Waals surface area contributed by atoms with Gasteiger partial charge in [-0.15, -0.1) is 0 Å². The lowest BCUT2D eigenvalue weighted by atomic mass is 10.2. The van der Waals surface area contributed by atoms with Gasteiger partial charge in [-0.1, -0.05) is 0 Å². The van der Waals surface area contributed by atoms with Crippen molar-refractivity contribution in [2.45, 2.75) is 13.3 Å². The summed E-state index contributed by atoms with van der Waals surface area (Å²) in [5.41, 5.74) is 3.15. The minimum absolute atomic E-state index is 0.155. The first-order chi connectivity index (χ1) is 10.3. The van der Waals surface area contributed by atoms with E-state index in [1.807, 2.05) is 24.3 Å². The Bertz CT molecular complexity index is 768. The van der Waals surface area contributed by atoms with Crippen LogP contribution in [0.2, 0.25) is 0 Å². The zero-order valence-electron chi connectivity index (χ0n) is 11.6. The van der Waals surface area contributed by atoms with Crippen LogP contribution >= 0.6 is 0 Å². The SMILES string of the molecule is CCOC(=O)Cc1cn2nc(-c3ccncc3)ccc2n1. The summed E-state index contributed by atoms with van der Waals surface area (Å²) >= 11 is 0. The maximum absolute atomic E-state index is 11.5. The van der Waals surface area contributed by atoms with Gasteiger partial charge in [0.1, 0.15) is 0 Å². The average molecular weight is 282 g/mol. The van der Waals surface area contributed by atoms with Crippen LogP contribution < -0.4 is 0 Å². The molecule has 6 nitrogen and oxygen atoms in total. The summed E-state index contributed by atoms with van der Waals surface area (Å²) in [5, 5.41) is 4.49. The number of carbonyl (C=O) groups excluding carboxylic acids is 1. The quantitative estimate of drug-likeness (QED) is 0.683. The number of hydrogen-bond acceptors (Lipinski definition) is 5. The number of carbonyl (C=O) groups is 1. The van der Waals surface area contributed by atoms with Gasteiger partial charge in [0.2, 0.25) is 0 Å². The summed E-state index contributed by atoms with van der Waals surface area (Å²) in [6.07, 6.45) is 5.35. The number of nitrogens with zero attached hydrogens (tertiary/aromatic N) is 4. The van der Waals surface area contributed by atoms with E-state index < -0.39 is 0 Å². The van der Waals surface area contributed by atoms with Crippen molar-refractivity contribution in [1.29, 1.82) is 0 Å². The molecule has 0 amide bonds. The van der Waals surface area contributed by atoms with Gasteiger partial charge in [-0.05, 0) is 31.2 Å². The second-order valence-corrected chi connectivity index (χ2v) is 4.47. The van der Waals surface area contributed by atoms with E-state index in [4.69, 9.17) is 4.74 Å². The summed E-state index contributed by atoms with van der Waals surface area (Å²) in [7, 11) is 0. The molecule has 3 rings (SSSR count). The normalized spacial score (nSPS) is 10.7. The lowest BCUT2D eigenvalue weighted by Crippen LogP contribution is -2.07. The Kier molecular flexibility index (Phi) is 3.59. The van der Waals surface area contributed by atoms with Gasteiger partial charge in [0.25, 0.3) is 0 Å². The van der Waals surface area contributed by atoms with Crippen LogP contribution in [0.15, 0.2) is 42.9 Å². The molecule has 3 heterocycles. The van der Waals surface area contributed by atoms with Gasteiger partial charge in [0.05, 0.1) is 30.6 Å². The summed E-state index contributed by atoms with van der Waals surface area (Å²) in [4.78, 5) is 19.8. The highest BCUT2D eigenvalue weighted by Gasteiger charge is 2.09. The zero-order chi connectivity index (χ0) is 14.7. The molecule has 0 N–H and O–H groups in total. The fourth-order valence-corrected chi connectivity index (χ4v) is 2.05. The zero-order valence-corrected chi connectivity index (χ0v) is 11.6. The van der Waals surface area contributed by atoms with Gasteiger partial charge in [-0.25, -0.2) is 9.50 Å². The fraction of sp³-hybridized carbons (Fsp3) is 0.200. The molecule has 0 fully saturated rings. The molecule has 0 unspecified atom stereocenters. The standard InChI is InChI=1S/C15H14N4O2/c1-2-21-15(20)9-12-10-19-14(17-12)4-3-13(18-19)11-5-7-16-8-6-11/h3-8,10H,2,9H2,1H3. The second kappa shape index (κ2) is 5.70. The van der Waals surface area contributed by atoms with Crippen LogP contribution in [-0.4, -0.2) is 32.2 Å². The first-order valence-electron chi connectivity index (χ1n) is 6.67. The van der Waals surface area contributed by atoms with Crippen molar-refractivity contribution in [3.05, 3.63) is 48.5 Å². The molecule has 6 heteroatoms. The third-order valence-electron chi connectivity index (χ3n) is 2.98. The van der Waals surface area contributed by atoms with Crippen LogP contribution in [-0.2, 0) is 16.0 Å². The van der Waals surface area contributed by atoms with Crippen LogP contribution in [0.4, 0.5) is 0 Å². The molecule has 21 heavy (non-hydrogen) atoms. The number of pyridine rings is 1. The molecule has 0 aromatic carbocycles. The Balaban J connectivity index is 1.90. The first-order valence-corrected chi connectivity index (χ1v) is 6.67. The molecule has 3 aromatic rings. The largest absolute Gasteiger partial charge is 0.466 e. The molecule has 0 saturated heterocycles. The van der Waals surface area contributed by atoms with Crippen LogP contribution in [0.3, 0.4) is 0 Å². The van der Waals surface area contributed by atoms with Crippen LogP contribution in [0.5, 0.6) is 0 Å². The number of aromatic nitrogens is 4. The molecular weight excluding hydrogens is 268 g/mol. The number of rotatable bonds is 4. The maximum Gasteiger partial charge on any atom is 0.311 e. The van der Waals surface area contributed by atoms with Crippen molar-refractivity contribution in [3.8, 4) is 11.3 Å². The maximum atomic E-state index is 11.5. The number of hydrogen-bond donors (Lipinski definition) is 0. The molecule has 0 aliphatic heterocycles. The van der Waals surface area contributed by atoms with Crippen LogP contribution in [0, 0.1) is 0 Å². The van der Waals surface area contributed by atoms with E-state index in [1.165, 1.54) is 0 Å². The van der Waals surface area contributed by atoms with Gasteiger partial charge < -0.3 is 4.74 Å². The highest BCUT2D eigenvalue weighted by Crippen LogP contribution is 2.16. The average Bonchev–Trinajstić information content (AvgIpc) is 2.89. The topological polar surface area (TPSA) is 69.4 Å². The third-order valence-corrected chi connectivity index (χ3v) is 2.98. The predicted octanol–water partition coefficient (Wildman–Crippen LogP) is 1.90. The van der Waals surface area contributed by atoms with Crippen molar-refractivity contribution in [2.24, 2.45) is 0 Å². The van der Waals surface area contributed by atoms with Gasteiger partial charge in [0.15, 0.2) is 5.65 Å². The molecular formula is C15H14N4O2. The lowest BCUT2D eigenvalue weighted by molar-refractivity contribution is -0.142. The molecule has 0 atom stereocenters. The van der Waals surface area contributed by atoms with E-state index in [0.29, 0.717) is 17.9 Å². The van der Waals surface area contributed by atoms with Crippen molar-refractivity contribution < 1.29 is 9.53 Å². The number of fused-ring (bicyclic) bond motifs is 1. The molecule has 0 bridgehead atoms. The summed E-state index contributed by atoms with van der Waals surface area (Å²) < 4.78 is 6.59. The molecule has 0 saturated carbocycles. The highest BCUT2D eigenvalue weighted by atomic mass is 16.5. The summed E-state index contributed by atoms with van der Waals surface area (Å²) in [6, 6.07) is 7.55. The summed E-state index contributed by atoms with van der Waals surface area (Å²) in [5.74, 6) is -0.282. The molecule has 0 aliphatic rings. The predicted molar refractivity (Wildman–Crippen MR) is 76.6 cm³/mol. The minimum Gasteiger partial charge on any atom is -0.466 e. The molecule has 3 aromatic heterocycles. The molecule has 0 aliphatic carbocycles. The van der Waals surface area contributed by atoms with Crippen molar-refractivity contribution in [3.63, 3.8) is 0 Å². The van der Waals surface area contributed by atoms with Crippen molar-refractivity contribution >= 4 is 11.6 Å². The van der Waals surface area contributed by atoms with E-state index in [1.54, 1.807) is 30.0 Å². The van der Waals surface area contributed by atoms with E-state index in [0.717, 1.165) is 11.3 Å². The highest BCUT2D eigenvalue weighted by molar-refractivity contribution is 5.72. The third kappa shape index (κ3) is 2.89. The number of imidazole rings is 1. The smallest absolute Gasteiger partial charge is 0.311 e. The lowest BCUT2D eigenvalue weighted by Gasteiger charge is -2.00. The second-order valence-electron chi connectivity index (χ2n) is 4.47. The Hall–Kier alpha value is -2.76. The molecule has 0 radical (unpaired) electrons. The number of esters is 1. The Morgan fingerprint density at radius 1 is 1.24 bits per heavy atom. The Morgan fingerprint density at radius 2 is 2.05 bits per heavy atom.